The highest BCUT2D eigenvalue weighted by atomic mass is 16.4. The number of para-hydroxylation sites is 1. The number of aromatic carboxylic acids is 1. The maximum atomic E-state index is 10.8. The van der Waals surface area contributed by atoms with Crippen LogP contribution in [0.2, 0.25) is 0 Å². The highest BCUT2D eigenvalue weighted by Gasteiger charge is 2.18. The minimum Gasteiger partial charge on any atom is -0.478 e. The van der Waals surface area contributed by atoms with Crippen LogP contribution in [-0.4, -0.2) is 52.1 Å². The van der Waals surface area contributed by atoms with Gasteiger partial charge in [0.25, 0.3) is 0 Å². The van der Waals surface area contributed by atoms with Crippen LogP contribution in [0.1, 0.15) is 16.2 Å². The van der Waals surface area contributed by atoms with Crippen molar-refractivity contribution in [2.75, 3.05) is 31.1 Å². The third kappa shape index (κ3) is 3.40. The van der Waals surface area contributed by atoms with Crippen molar-refractivity contribution >= 4 is 11.7 Å². The summed E-state index contributed by atoms with van der Waals surface area (Å²) >= 11 is 0. The number of carbonyl (C=O) groups is 1. The molecule has 1 aromatic heterocycles. The molecule has 1 N–H and O–H groups in total. The van der Waals surface area contributed by atoms with Crippen LogP contribution < -0.4 is 4.90 Å². The van der Waals surface area contributed by atoms with Crippen molar-refractivity contribution in [3.05, 3.63) is 54.1 Å². The van der Waals surface area contributed by atoms with Crippen LogP contribution in [0.25, 0.3) is 0 Å². The van der Waals surface area contributed by atoms with Gasteiger partial charge in [0.05, 0.1) is 12.1 Å². The molecule has 0 unspecified atom stereocenters. The number of hydrogen-bond donors (Lipinski definition) is 1. The molecule has 0 aliphatic carbocycles. The van der Waals surface area contributed by atoms with Crippen molar-refractivity contribution in [2.45, 2.75) is 6.54 Å². The molecule has 114 valence electrons. The smallest absolute Gasteiger partial charge is 0.338 e. The monoisotopic (exact) mass is 298 g/mol. The van der Waals surface area contributed by atoms with Crippen molar-refractivity contribution in [1.29, 1.82) is 0 Å². The molecule has 0 spiro atoms. The number of piperazine rings is 1. The molecule has 1 aliphatic heterocycles. The Balaban J connectivity index is 1.54. The number of nitrogens with zero attached hydrogens (tertiary/aromatic N) is 4. The Morgan fingerprint density at radius 1 is 1.05 bits per heavy atom. The molecular weight excluding hydrogens is 280 g/mol. The first kappa shape index (κ1) is 14.5. The molecule has 0 atom stereocenters. The first-order chi connectivity index (χ1) is 10.7. The summed E-state index contributed by atoms with van der Waals surface area (Å²) in [6.07, 6.45) is 2.73. The van der Waals surface area contributed by atoms with E-state index in [4.69, 9.17) is 5.11 Å². The van der Waals surface area contributed by atoms with Gasteiger partial charge in [0, 0.05) is 44.3 Å². The summed E-state index contributed by atoms with van der Waals surface area (Å²) in [5, 5.41) is 8.84. The van der Waals surface area contributed by atoms with E-state index in [2.05, 4.69) is 44.0 Å². The fourth-order valence-corrected chi connectivity index (χ4v) is 2.55. The number of carboxylic acids is 1. The average molecular weight is 298 g/mol. The molecule has 0 amide bonds. The fraction of sp³-hybridized carbons (Fsp3) is 0.312. The number of carboxylic acid groups (broad SMARTS) is 1. The third-order valence-corrected chi connectivity index (χ3v) is 3.81. The Kier molecular flexibility index (Phi) is 4.29. The van der Waals surface area contributed by atoms with E-state index in [1.54, 1.807) is 0 Å². The molecule has 3 rings (SSSR count). The van der Waals surface area contributed by atoms with Gasteiger partial charge >= 0.3 is 5.97 Å². The summed E-state index contributed by atoms with van der Waals surface area (Å²) in [4.78, 5) is 23.7. The minimum atomic E-state index is -0.997. The molecule has 1 aromatic carbocycles. The number of anilines is 1. The van der Waals surface area contributed by atoms with Gasteiger partial charge in [-0.1, -0.05) is 18.2 Å². The second kappa shape index (κ2) is 6.53. The Hall–Kier alpha value is -2.47. The molecule has 0 saturated carbocycles. The molecule has 22 heavy (non-hydrogen) atoms. The van der Waals surface area contributed by atoms with Crippen LogP contribution in [0.5, 0.6) is 0 Å². The molecule has 0 radical (unpaired) electrons. The summed E-state index contributed by atoms with van der Waals surface area (Å²) in [5.41, 5.74) is 1.38. The lowest BCUT2D eigenvalue weighted by atomic mass is 10.2. The number of rotatable bonds is 4. The van der Waals surface area contributed by atoms with Crippen LogP contribution >= 0.6 is 0 Å². The first-order valence-corrected chi connectivity index (χ1v) is 7.29. The minimum absolute atomic E-state index is 0.123. The van der Waals surface area contributed by atoms with Crippen molar-refractivity contribution in [2.24, 2.45) is 0 Å². The Morgan fingerprint density at radius 3 is 2.27 bits per heavy atom. The van der Waals surface area contributed by atoms with Gasteiger partial charge in [-0.2, -0.15) is 0 Å². The van der Waals surface area contributed by atoms with E-state index < -0.39 is 5.97 Å². The predicted molar refractivity (Wildman–Crippen MR) is 82.9 cm³/mol. The summed E-state index contributed by atoms with van der Waals surface area (Å²) in [5.74, 6) is -0.332. The Morgan fingerprint density at radius 2 is 1.68 bits per heavy atom. The first-order valence-electron chi connectivity index (χ1n) is 7.29. The van der Waals surface area contributed by atoms with Crippen molar-refractivity contribution in [1.82, 2.24) is 14.9 Å². The van der Waals surface area contributed by atoms with Crippen LogP contribution in [0, 0.1) is 0 Å². The zero-order valence-electron chi connectivity index (χ0n) is 12.2. The maximum absolute atomic E-state index is 10.8. The van der Waals surface area contributed by atoms with E-state index in [-0.39, 0.29) is 5.56 Å². The van der Waals surface area contributed by atoms with Crippen LogP contribution in [0.15, 0.2) is 42.7 Å². The Labute approximate surface area is 129 Å². The van der Waals surface area contributed by atoms with E-state index in [1.807, 2.05) is 6.07 Å². The lowest BCUT2D eigenvalue weighted by molar-refractivity contribution is 0.0696. The zero-order chi connectivity index (χ0) is 15.4. The summed E-state index contributed by atoms with van der Waals surface area (Å²) in [7, 11) is 0. The molecule has 2 aromatic rings. The molecule has 2 heterocycles. The quantitative estimate of drug-likeness (QED) is 0.922. The maximum Gasteiger partial charge on any atom is 0.338 e. The standard InChI is InChI=1S/C16H18N4O2/c21-16(22)13-10-17-15(18-11-13)12-19-6-8-20(9-7-19)14-4-2-1-3-5-14/h1-5,10-11H,6-9,12H2,(H,21,22). The van der Waals surface area contributed by atoms with Gasteiger partial charge in [0.1, 0.15) is 5.82 Å². The highest BCUT2D eigenvalue weighted by molar-refractivity contribution is 5.86. The normalized spacial score (nSPS) is 15.7. The molecular formula is C16H18N4O2. The van der Waals surface area contributed by atoms with Gasteiger partial charge in [0.2, 0.25) is 0 Å². The molecule has 1 aliphatic rings. The zero-order valence-corrected chi connectivity index (χ0v) is 12.2. The fourth-order valence-electron chi connectivity index (χ4n) is 2.55. The number of benzene rings is 1. The van der Waals surface area contributed by atoms with Crippen LogP contribution in [-0.2, 0) is 6.54 Å². The highest BCUT2D eigenvalue weighted by Crippen LogP contribution is 2.16. The van der Waals surface area contributed by atoms with E-state index in [0.29, 0.717) is 12.4 Å². The average Bonchev–Trinajstić information content (AvgIpc) is 2.57. The summed E-state index contributed by atoms with van der Waals surface area (Å²) in [6, 6.07) is 10.4. The second-order valence-electron chi connectivity index (χ2n) is 5.29. The lowest BCUT2D eigenvalue weighted by Gasteiger charge is -2.35. The SMILES string of the molecule is O=C(O)c1cnc(CN2CCN(c3ccccc3)CC2)nc1. The van der Waals surface area contributed by atoms with Crippen molar-refractivity contribution < 1.29 is 9.90 Å². The molecule has 1 saturated heterocycles. The molecule has 6 nitrogen and oxygen atoms in total. The molecule has 0 bridgehead atoms. The van der Waals surface area contributed by atoms with E-state index >= 15 is 0 Å². The van der Waals surface area contributed by atoms with Gasteiger partial charge in [-0.15, -0.1) is 0 Å². The molecule has 6 heteroatoms. The topological polar surface area (TPSA) is 69.6 Å². The van der Waals surface area contributed by atoms with Gasteiger partial charge < -0.3 is 10.0 Å². The number of hydrogen-bond acceptors (Lipinski definition) is 5. The van der Waals surface area contributed by atoms with Crippen LogP contribution in [0.4, 0.5) is 5.69 Å². The predicted octanol–water partition coefficient (Wildman–Crippen LogP) is 1.50. The van der Waals surface area contributed by atoms with E-state index in [9.17, 15) is 4.79 Å². The largest absolute Gasteiger partial charge is 0.478 e. The van der Waals surface area contributed by atoms with Crippen molar-refractivity contribution in [3.63, 3.8) is 0 Å². The lowest BCUT2D eigenvalue weighted by Crippen LogP contribution is -2.46. The van der Waals surface area contributed by atoms with Gasteiger partial charge in [0.15, 0.2) is 0 Å². The summed E-state index contributed by atoms with van der Waals surface area (Å²) in [6.45, 7) is 4.48. The Bertz CT molecular complexity index is 622. The third-order valence-electron chi connectivity index (χ3n) is 3.81. The molecule has 1 fully saturated rings. The number of aromatic nitrogens is 2. The second-order valence-corrected chi connectivity index (χ2v) is 5.29. The summed E-state index contributed by atoms with van der Waals surface area (Å²) < 4.78 is 0. The van der Waals surface area contributed by atoms with Gasteiger partial charge in [-0.25, -0.2) is 14.8 Å². The van der Waals surface area contributed by atoms with Crippen molar-refractivity contribution in [3.8, 4) is 0 Å². The van der Waals surface area contributed by atoms with Gasteiger partial charge in [-0.05, 0) is 12.1 Å². The van der Waals surface area contributed by atoms with Crippen LogP contribution in [0.3, 0.4) is 0 Å². The van der Waals surface area contributed by atoms with Gasteiger partial charge in [-0.3, -0.25) is 4.90 Å². The van der Waals surface area contributed by atoms with E-state index in [0.717, 1.165) is 26.2 Å². The van der Waals surface area contributed by atoms with E-state index in [1.165, 1.54) is 18.1 Å².